The highest BCUT2D eigenvalue weighted by atomic mass is 16.5. The highest BCUT2D eigenvalue weighted by Crippen LogP contribution is 2.23. The minimum atomic E-state index is -0.0726. The molecule has 1 fully saturated rings. The van der Waals surface area contributed by atoms with E-state index in [1.54, 1.807) is 6.07 Å². The van der Waals surface area contributed by atoms with E-state index >= 15 is 0 Å². The molecule has 1 N–H and O–H groups in total. The lowest BCUT2D eigenvalue weighted by Gasteiger charge is -2.29. The van der Waals surface area contributed by atoms with Crippen LogP contribution in [0.15, 0.2) is 30.6 Å². The zero-order valence-electron chi connectivity index (χ0n) is 13.2. The molecule has 1 aliphatic carbocycles. The van der Waals surface area contributed by atoms with Gasteiger partial charge >= 0.3 is 0 Å². The maximum absolute atomic E-state index is 12.1. The molecule has 2 aromatic rings. The quantitative estimate of drug-likeness (QED) is 0.909. The summed E-state index contributed by atoms with van der Waals surface area (Å²) in [5, 5.41) is 14.1. The molecule has 0 saturated heterocycles. The SMILES string of the molecule is C[C@@H]1CCCC[C@H]1NC(=O)COc1cccc(-n2cnnn2)c1. The van der Waals surface area contributed by atoms with Crippen LogP contribution in [0.2, 0.25) is 0 Å². The first-order valence-corrected chi connectivity index (χ1v) is 7.98. The Kier molecular flexibility index (Phi) is 4.85. The largest absolute Gasteiger partial charge is 0.484 e. The molecular weight excluding hydrogens is 294 g/mol. The Morgan fingerprint density at radius 2 is 2.26 bits per heavy atom. The Morgan fingerprint density at radius 1 is 1.39 bits per heavy atom. The lowest BCUT2D eigenvalue weighted by Crippen LogP contribution is -2.43. The van der Waals surface area contributed by atoms with Crippen molar-refractivity contribution in [3.8, 4) is 11.4 Å². The van der Waals surface area contributed by atoms with Gasteiger partial charge in [0.2, 0.25) is 0 Å². The maximum atomic E-state index is 12.1. The van der Waals surface area contributed by atoms with Crippen LogP contribution in [-0.2, 0) is 4.79 Å². The molecule has 122 valence electrons. The standard InChI is InChI=1S/C16H21N5O2/c1-12-5-2-3-8-15(12)18-16(22)10-23-14-7-4-6-13(9-14)21-11-17-19-20-21/h4,6-7,9,11-12,15H,2-3,5,8,10H2,1H3,(H,18,22)/t12-,15-/m1/s1. The third-order valence-electron chi connectivity index (χ3n) is 4.26. The number of amides is 1. The minimum absolute atomic E-state index is 0.0162. The number of rotatable bonds is 5. The van der Waals surface area contributed by atoms with E-state index in [1.807, 2.05) is 18.2 Å². The summed E-state index contributed by atoms with van der Waals surface area (Å²) in [5.41, 5.74) is 0.786. The highest BCUT2D eigenvalue weighted by molar-refractivity contribution is 5.77. The zero-order valence-corrected chi connectivity index (χ0v) is 13.2. The van der Waals surface area contributed by atoms with Gasteiger partial charge in [0.15, 0.2) is 6.61 Å². The summed E-state index contributed by atoms with van der Waals surface area (Å²) in [6.07, 6.45) is 6.19. The van der Waals surface area contributed by atoms with Gasteiger partial charge in [0.25, 0.3) is 5.91 Å². The van der Waals surface area contributed by atoms with E-state index in [2.05, 4.69) is 27.8 Å². The summed E-state index contributed by atoms with van der Waals surface area (Å²) >= 11 is 0. The van der Waals surface area contributed by atoms with Crippen LogP contribution in [0.5, 0.6) is 5.75 Å². The van der Waals surface area contributed by atoms with Crippen LogP contribution in [0.25, 0.3) is 5.69 Å². The molecule has 0 unspecified atom stereocenters. The lowest BCUT2D eigenvalue weighted by atomic mass is 9.86. The summed E-state index contributed by atoms with van der Waals surface area (Å²) < 4.78 is 7.13. The molecule has 7 heteroatoms. The van der Waals surface area contributed by atoms with Gasteiger partial charge in [-0.1, -0.05) is 25.8 Å². The summed E-state index contributed by atoms with van der Waals surface area (Å²) in [4.78, 5) is 12.1. The van der Waals surface area contributed by atoms with Crippen molar-refractivity contribution in [2.75, 3.05) is 6.61 Å². The highest BCUT2D eigenvalue weighted by Gasteiger charge is 2.22. The minimum Gasteiger partial charge on any atom is -0.484 e. The molecule has 1 amide bonds. The van der Waals surface area contributed by atoms with Gasteiger partial charge in [-0.25, -0.2) is 4.68 Å². The number of benzene rings is 1. The van der Waals surface area contributed by atoms with Crippen LogP contribution in [0.4, 0.5) is 0 Å². The number of nitrogens with zero attached hydrogens (tertiary/aromatic N) is 4. The fraction of sp³-hybridized carbons (Fsp3) is 0.500. The van der Waals surface area contributed by atoms with Crippen LogP contribution in [0, 0.1) is 5.92 Å². The summed E-state index contributed by atoms with van der Waals surface area (Å²) in [6.45, 7) is 2.21. The zero-order chi connectivity index (χ0) is 16.1. The van der Waals surface area contributed by atoms with E-state index < -0.39 is 0 Å². The number of tetrazole rings is 1. The van der Waals surface area contributed by atoms with E-state index in [4.69, 9.17) is 4.74 Å². The van der Waals surface area contributed by atoms with Crippen molar-refractivity contribution in [2.45, 2.75) is 38.6 Å². The van der Waals surface area contributed by atoms with Gasteiger partial charge in [0.1, 0.15) is 12.1 Å². The fourth-order valence-electron chi connectivity index (χ4n) is 2.92. The number of ether oxygens (including phenoxy) is 1. The third kappa shape index (κ3) is 4.06. The van der Waals surface area contributed by atoms with Crippen molar-refractivity contribution in [2.24, 2.45) is 5.92 Å². The van der Waals surface area contributed by atoms with Crippen LogP contribution >= 0.6 is 0 Å². The van der Waals surface area contributed by atoms with Crippen LogP contribution in [0.3, 0.4) is 0 Å². The first-order chi connectivity index (χ1) is 11.2. The first-order valence-electron chi connectivity index (χ1n) is 7.98. The molecule has 1 aromatic heterocycles. The van der Waals surface area contributed by atoms with Crippen molar-refractivity contribution in [3.63, 3.8) is 0 Å². The average Bonchev–Trinajstić information content (AvgIpc) is 3.10. The van der Waals surface area contributed by atoms with Gasteiger partial charge in [-0.15, -0.1) is 5.10 Å². The number of hydrogen-bond donors (Lipinski definition) is 1. The Hall–Kier alpha value is -2.44. The molecule has 3 rings (SSSR count). The lowest BCUT2D eigenvalue weighted by molar-refractivity contribution is -0.124. The van der Waals surface area contributed by atoms with Crippen LogP contribution in [0.1, 0.15) is 32.6 Å². The van der Waals surface area contributed by atoms with Gasteiger partial charge in [0, 0.05) is 12.1 Å². The molecular formula is C16H21N5O2. The Morgan fingerprint density at radius 3 is 3.04 bits per heavy atom. The predicted octanol–water partition coefficient (Wildman–Crippen LogP) is 1.74. The Bertz CT molecular complexity index is 644. The van der Waals surface area contributed by atoms with Crippen LogP contribution in [-0.4, -0.2) is 38.8 Å². The maximum Gasteiger partial charge on any atom is 0.258 e. The molecule has 0 spiro atoms. The smallest absolute Gasteiger partial charge is 0.258 e. The number of carbonyl (C=O) groups excluding carboxylic acids is 1. The van der Waals surface area contributed by atoms with E-state index in [9.17, 15) is 4.79 Å². The monoisotopic (exact) mass is 315 g/mol. The first kappa shape index (κ1) is 15.5. The van der Waals surface area contributed by atoms with E-state index in [-0.39, 0.29) is 18.6 Å². The summed E-state index contributed by atoms with van der Waals surface area (Å²) in [7, 11) is 0. The van der Waals surface area contributed by atoms with Crippen molar-refractivity contribution in [1.82, 2.24) is 25.5 Å². The summed E-state index contributed by atoms with van der Waals surface area (Å²) in [5.74, 6) is 1.08. The van der Waals surface area contributed by atoms with Gasteiger partial charge < -0.3 is 10.1 Å². The number of aromatic nitrogens is 4. The van der Waals surface area contributed by atoms with Gasteiger partial charge in [-0.05, 0) is 41.3 Å². The van der Waals surface area contributed by atoms with E-state index in [0.717, 1.165) is 12.1 Å². The van der Waals surface area contributed by atoms with E-state index in [0.29, 0.717) is 11.7 Å². The third-order valence-corrected chi connectivity index (χ3v) is 4.26. The number of carbonyl (C=O) groups is 1. The Labute approximate surface area is 135 Å². The Balaban J connectivity index is 1.54. The van der Waals surface area contributed by atoms with Crippen LogP contribution < -0.4 is 10.1 Å². The molecule has 1 aliphatic rings. The molecule has 1 heterocycles. The molecule has 23 heavy (non-hydrogen) atoms. The summed E-state index contributed by atoms with van der Waals surface area (Å²) in [6, 6.07) is 7.59. The van der Waals surface area contributed by atoms with Gasteiger partial charge in [-0.3, -0.25) is 4.79 Å². The van der Waals surface area contributed by atoms with Gasteiger partial charge in [0.05, 0.1) is 5.69 Å². The second-order valence-corrected chi connectivity index (χ2v) is 5.98. The second-order valence-electron chi connectivity index (χ2n) is 5.98. The second kappa shape index (κ2) is 7.21. The molecule has 0 radical (unpaired) electrons. The predicted molar refractivity (Wildman–Crippen MR) is 84.2 cm³/mol. The van der Waals surface area contributed by atoms with Crippen molar-refractivity contribution in [3.05, 3.63) is 30.6 Å². The van der Waals surface area contributed by atoms with Crippen molar-refractivity contribution < 1.29 is 9.53 Å². The molecule has 0 bridgehead atoms. The number of hydrogen-bond acceptors (Lipinski definition) is 5. The molecule has 1 saturated carbocycles. The average molecular weight is 315 g/mol. The molecule has 7 nitrogen and oxygen atoms in total. The normalized spacial score (nSPS) is 20.9. The number of nitrogens with one attached hydrogen (secondary N) is 1. The van der Waals surface area contributed by atoms with Crippen molar-refractivity contribution in [1.29, 1.82) is 0 Å². The molecule has 2 atom stereocenters. The molecule has 1 aromatic carbocycles. The topological polar surface area (TPSA) is 81.9 Å². The van der Waals surface area contributed by atoms with E-state index in [1.165, 1.54) is 30.3 Å². The van der Waals surface area contributed by atoms with Crippen molar-refractivity contribution >= 4 is 5.91 Å². The fourth-order valence-corrected chi connectivity index (χ4v) is 2.92. The molecule has 0 aliphatic heterocycles. The van der Waals surface area contributed by atoms with Gasteiger partial charge in [-0.2, -0.15) is 0 Å².